The molecule has 0 bridgehead atoms. The van der Waals surface area contributed by atoms with Gasteiger partial charge in [-0.1, -0.05) is 23.7 Å². The summed E-state index contributed by atoms with van der Waals surface area (Å²) < 4.78 is 4.55. The molecule has 0 saturated carbocycles. The molecule has 15 heavy (non-hydrogen) atoms. The molecule has 0 aliphatic heterocycles. The van der Waals surface area contributed by atoms with Crippen molar-refractivity contribution in [1.82, 2.24) is 0 Å². The molecule has 0 aliphatic carbocycles. The summed E-state index contributed by atoms with van der Waals surface area (Å²) in [5.41, 5.74) is 0.611. The molecule has 0 aromatic heterocycles. The van der Waals surface area contributed by atoms with Crippen LogP contribution in [0.5, 0.6) is 0 Å². The van der Waals surface area contributed by atoms with Crippen molar-refractivity contribution in [3.05, 3.63) is 34.9 Å². The van der Waals surface area contributed by atoms with Crippen LogP contribution < -0.4 is 0 Å². The molecule has 1 N–H and O–H groups in total. The van der Waals surface area contributed by atoms with Gasteiger partial charge >= 0.3 is 5.97 Å². The highest BCUT2D eigenvalue weighted by Crippen LogP contribution is 2.24. The first-order valence-electron chi connectivity index (χ1n) is 4.57. The number of esters is 1. The molecular weight excluding hydrogens is 216 g/mol. The Balaban J connectivity index is 2.84. The summed E-state index contributed by atoms with van der Waals surface area (Å²) in [6.45, 7) is 1.61. The van der Waals surface area contributed by atoms with Crippen molar-refractivity contribution in [2.75, 3.05) is 7.11 Å². The molecule has 1 aromatic rings. The number of benzene rings is 1. The van der Waals surface area contributed by atoms with Gasteiger partial charge in [-0.3, -0.25) is 4.79 Å². The summed E-state index contributed by atoms with van der Waals surface area (Å²) in [4.78, 5) is 11.2. The average Bonchev–Trinajstić information content (AvgIpc) is 2.26. The standard InChI is InChI=1S/C11H13ClO3/c1-7(11(14)15-2)10(13)8-4-3-5-9(12)6-8/h3-7,10,13H,1-2H3. The minimum atomic E-state index is -0.892. The summed E-state index contributed by atoms with van der Waals surface area (Å²) in [5, 5.41) is 10.4. The Morgan fingerprint density at radius 3 is 2.73 bits per heavy atom. The second-order valence-electron chi connectivity index (χ2n) is 3.31. The second-order valence-corrected chi connectivity index (χ2v) is 3.75. The third-order valence-corrected chi connectivity index (χ3v) is 2.47. The average molecular weight is 229 g/mol. The number of aliphatic hydroxyl groups excluding tert-OH is 1. The zero-order valence-corrected chi connectivity index (χ0v) is 9.36. The van der Waals surface area contributed by atoms with Crippen molar-refractivity contribution in [1.29, 1.82) is 0 Å². The van der Waals surface area contributed by atoms with E-state index in [2.05, 4.69) is 4.74 Å². The van der Waals surface area contributed by atoms with Crippen molar-refractivity contribution in [2.24, 2.45) is 5.92 Å². The van der Waals surface area contributed by atoms with Crippen LogP contribution in [-0.2, 0) is 9.53 Å². The molecule has 0 saturated heterocycles. The zero-order valence-electron chi connectivity index (χ0n) is 8.61. The van der Waals surface area contributed by atoms with Gasteiger partial charge in [0.25, 0.3) is 0 Å². The highest BCUT2D eigenvalue weighted by atomic mass is 35.5. The predicted octanol–water partition coefficient (Wildman–Crippen LogP) is 2.18. The lowest BCUT2D eigenvalue weighted by Gasteiger charge is -2.16. The summed E-state index contributed by atoms with van der Waals surface area (Å²) in [6, 6.07) is 6.78. The van der Waals surface area contributed by atoms with Crippen LogP contribution in [0.3, 0.4) is 0 Å². The maximum Gasteiger partial charge on any atom is 0.311 e. The Hall–Kier alpha value is -1.06. The Bertz CT molecular complexity index is 351. The minimum absolute atomic E-state index is 0.442. The van der Waals surface area contributed by atoms with Crippen LogP contribution in [0, 0.1) is 5.92 Å². The number of aliphatic hydroxyl groups is 1. The predicted molar refractivity (Wildman–Crippen MR) is 57.6 cm³/mol. The second kappa shape index (κ2) is 5.14. The largest absolute Gasteiger partial charge is 0.469 e. The van der Waals surface area contributed by atoms with Gasteiger partial charge in [0.1, 0.15) is 0 Å². The van der Waals surface area contributed by atoms with Crippen LogP contribution in [0.25, 0.3) is 0 Å². The lowest BCUT2D eigenvalue weighted by molar-refractivity contribution is -0.148. The number of methoxy groups -OCH3 is 1. The third kappa shape index (κ3) is 2.94. The summed E-state index contributed by atoms with van der Waals surface area (Å²) in [5.74, 6) is -1.05. The maximum absolute atomic E-state index is 11.2. The highest BCUT2D eigenvalue weighted by Gasteiger charge is 2.24. The fourth-order valence-corrected chi connectivity index (χ4v) is 1.49. The summed E-state index contributed by atoms with van der Waals surface area (Å²) in [7, 11) is 1.30. The number of ether oxygens (including phenoxy) is 1. The van der Waals surface area contributed by atoms with E-state index in [0.29, 0.717) is 10.6 Å². The molecule has 0 spiro atoms. The van der Waals surface area contributed by atoms with E-state index in [1.807, 2.05) is 0 Å². The smallest absolute Gasteiger partial charge is 0.311 e. The summed E-state index contributed by atoms with van der Waals surface area (Å²) >= 11 is 5.78. The molecule has 2 atom stereocenters. The van der Waals surface area contributed by atoms with Gasteiger partial charge in [-0.25, -0.2) is 0 Å². The fraction of sp³-hybridized carbons (Fsp3) is 0.364. The molecule has 0 radical (unpaired) electrons. The lowest BCUT2D eigenvalue weighted by atomic mass is 9.98. The van der Waals surface area contributed by atoms with E-state index in [9.17, 15) is 9.90 Å². The maximum atomic E-state index is 11.2. The Morgan fingerprint density at radius 1 is 1.53 bits per heavy atom. The minimum Gasteiger partial charge on any atom is -0.469 e. The number of hydrogen-bond acceptors (Lipinski definition) is 3. The van der Waals surface area contributed by atoms with Crippen LogP contribution >= 0.6 is 11.6 Å². The van der Waals surface area contributed by atoms with E-state index in [-0.39, 0.29) is 0 Å². The molecular formula is C11H13ClO3. The zero-order chi connectivity index (χ0) is 11.4. The fourth-order valence-electron chi connectivity index (χ4n) is 1.29. The molecule has 4 heteroatoms. The monoisotopic (exact) mass is 228 g/mol. The van der Waals surface area contributed by atoms with E-state index in [1.165, 1.54) is 7.11 Å². The van der Waals surface area contributed by atoms with Gasteiger partial charge in [-0.05, 0) is 24.6 Å². The first-order valence-corrected chi connectivity index (χ1v) is 4.95. The van der Waals surface area contributed by atoms with Crippen LogP contribution in [0.1, 0.15) is 18.6 Å². The van der Waals surface area contributed by atoms with Crippen molar-refractivity contribution < 1.29 is 14.6 Å². The summed E-state index contributed by atoms with van der Waals surface area (Å²) in [6.07, 6.45) is -0.892. The quantitative estimate of drug-likeness (QED) is 0.807. The van der Waals surface area contributed by atoms with E-state index in [1.54, 1.807) is 31.2 Å². The third-order valence-electron chi connectivity index (χ3n) is 2.24. The number of halogens is 1. The van der Waals surface area contributed by atoms with E-state index in [0.717, 1.165) is 0 Å². The molecule has 1 aromatic carbocycles. The van der Waals surface area contributed by atoms with Crippen molar-refractivity contribution in [2.45, 2.75) is 13.0 Å². The van der Waals surface area contributed by atoms with Crippen LogP contribution in [-0.4, -0.2) is 18.2 Å². The number of hydrogen-bond donors (Lipinski definition) is 1. The van der Waals surface area contributed by atoms with Gasteiger partial charge in [-0.2, -0.15) is 0 Å². The Kier molecular flexibility index (Phi) is 4.12. The van der Waals surface area contributed by atoms with Gasteiger partial charge in [0.15, 0.2) is 0 Å². The number of rotatable bonds is 3. The van der Waals surface area contributed by atoms with Crippen LogP contribution in [0.15, 0.2) is 24.3 Å². The van der Waals surface area contributed by atoms with Crippen LogP contribution in [0.4, 0.5) is 0 Å². The molecule has 3 nitrogen and oxygen atoms in total. The van der Waals surface area contributed by atoms with Crippen LogP contribution in [0.2, 0.25) is 5.02 Å². The Morgan fingerprint density at radius 2 is 2.20 bits per heavy atom. The van der Waals surface area contributed by atoms with Crippen molar-refractivity contribution in [3.8, 4) is 0 Å². The topological polar surface area (TPSA) is 46.5 Å². The number of carbonyl (C=O) groups excluding carboxylic acids is 1. The molecule has 82 valence electrons. The Labute approximate surface area is 93.6 Å². The first kappa shape index (κ1) is 12.0. The molecule has 0 amide bonds. The molecule has 1 rings (SSSR count). The van der Waals surface area contributed by atoms with Gasteiger partial charge < -0.3 is 9.84 Å². The molecule has 2 unspecified atom stereocenters. The molecule has 0 fully saturated rings. The van der Waals surface area contributed by atoms with Crippen molar-refractivity contribution in [3.63, 3.8) is 0 Å². The molecule has 0 aliphatic rings. The molecule has 0 heterocycles. The van der Waals surface area contributed by atoms with E-state index in [4.69, 9.17) is 11.6 Å². The van der Waals surface area contributed by atoms with Gasteiger partial charge in [0.05, 0.1) is 19.1 Å². The van der Waals surface area contributed by atoms with Crippen molar-refractivity contribution >= 4 is 17.6 Å². The van der Waals surface area contributed by atoms with Gasteiger partial charge in [0, 0.05) is 5.02 Å². The normalized spacial score (nSPS) is 14.4. The van der Waals surface area contributed by atoms with E-state index < -0.39 is 18.0 Å². The van der Waals surface area contributed by atoms with Gasteiger partial charge in [0.2, 0.25) is 0 Å². The van der Waals surface area contributed by atoms with E-state index >= 15 is 0 Å². The number of carbonyl (C=O) groups is 1. The first-order chi connectivity index (χ1) is 7.06. The SMILES string of the molecule is COC(=O)C(C)C(O)c1cccc(Cl)c1. The lowest BCUT2D eigenvalue weighted by Crippen LogP contribution is -2.20. The van der Waals surface area contributed by atoms with Gasteiger partial charge in [-0.15, -0.1) is 0 Å². The highest BCUT2D eigenvalue weighted by molar-refractivity contribution is 6.30.